The number of aryl methyl sites for hydroxylation is 1. The molecule has 96 valence electrons. The average Bonchev–Trinajstić information content (AvgIpc) is 2.88. The van der Waals surface area contributed by atoms with Crippen LogP contribution in [0.25, 0.3) is 0 Å². The van der Waals surface area contributed by atoms with Crippen molar-refractivity contribution < 1.29 is 14.7 Å². The van der Waals surface area contributed by atoms with Crippen LogP contribution in [0, 0.1) is 5.92 Å². The SMILES string of the molecule is CCc1ccc(C(=O)N2CCC(C(=O)O)C2)cc1. The minimum atomic E-state index is -0.813. The van der Waals surface area contributed by atoms with Gasteiger partial charge in [-0.25, -0.2) is 0 Å². The van der Waals surface area contributed by atoms with E-state index < -0.39 is 11.9 Å². The normalized spacial score (nSPS) is 18.9. The number of likely N-dealkylation sites (tertiary alicyclic amines) is 1. The van der Waals surface area contributed by atoms with Gasteiger partial charge >= 0.3 is 5.97 Å². The number of amides is 1. The van der Waals surface area contributed by atoms with Gasteiger partial charge in [-0.2, -0.15) is 0 Å². The van der Waals surface area contributed by atoms with Crippen LogP contribution < -0.4 is 0 Å². The summed E-state index contributed by atoms with van der Waals surface area (Å²) in [6, 6.07) is 7.51. The highest BCUT2D eigenvalue weighted by atomic mass is 16.4. The molecule has 0 aromatic heterocycles. The second kappa shape index (κ2) is 5.21. The van der Waals surface area contributed by atoms with Gasteiger partial charge < -0.3 is 10.0 Å². The lowest BCUT2D eigenvalue weighted by Crippen LogP contribution is -2.29. The van der Waals surface area contributed by atoms with Crippen LogP contribution in [0.2, 0.25) is 0 Å². The summed E-state index contributed by atoms with van der Waals surface area (Å²) >= 11 is 0. The van der Waals surface area contributed by atoms with Crippen molar-refractivity contribution in [1.82, 2.24) is 4.90 Å². The number of nitrogens with zero attached hydrogens (tertiary/aromatic N) is 1. The molecule has 2 rings (SSSR count). The number of carbonyl (C=O) groups excluding carboxylic acids is 1. The van der Waals surface area contributed by atoms with E-state index in [4.69, 9.17) is 5.11 Å². The Morgan fingerprint density at radius 1 is 1.33 bits per heavy atom. The Labute approximate surface area is 106 Å². The topological polar surface area (TPSA) is 57.6 Å². The Morgan fingerprint density at radius 2 is 2.00 bits per heavy atom. The van der Waals surface area contributed by atoms with Crippen LogP contribution in [-0.2, 0) is 11.2 Å². The van der Waals surface area contributed by atoms with Gasteiger partial charge in [0.15, 0.2) is 0 Å². The zero-order valence-corrected chi connectivity index (χ0v) is 10.4. The van der Waals surface area contributed by atoms with Crippen LogP contribution in [0.1, 0.15) is 29.3 Å². The van der Waals surface area contributed by atoms with E-state index in [1.54, 1.807) is 4.90 Å². The van der Waals surface area contributed by atoms with Crippen molar-refractivity contribution in [2.24, 2.45) is 5.92 Å². The molecule has 1 saturated heterocycles. The maximum atomic E-state index is 12.1. The lowest BCUT2D eigenvalue weighted by molar-refractivity contribution is -0.141. The molecule has 1 fully saturated rings. The second-order valence-corrected chi connectivity index (χ2v) is 4.63. The highest BCUT2D eigenvalue weighted by Gasteiger charge is 2.31. The minimum absolute atomic E-state index is 0.0681. The average molecular weight is 247 g/mol. The monoisotopic (exact) mass is 247 g/mol. The number of benzene rings is 1. The van der Waals surface area contributed by atoms with E-state index >= 15 is 0 Å². The molecule has 1 aromatic carbocycles. The molecule has 4 heteroatoms. The maximum absolute atomic E-state index is 12.1. The first-order chi connectivity index (χ1) is 8.61. The summed E-state index contributed by atoms with van der Waals surface area (Å²) in [5, 5.41) is 8.91. The molecule has 0 aliphatic carbocycles. The Morgan fingerprint density at radius 3 is 2.50 bits per heavy atom. The fourth-order valence-corrected chi connectivity index (χ4v) is 2.21. The Kier molecular flexibility index (Phi) is 3.65. The third-order valence-corrected chi connectivity index (χ3v) is 3.43. The van der Waals surface area contributed by atoms with Gasteiger partial charge in [0, 0.05) is 18.7 Å². The van der Waals surface area contributed by atoms with Crippen molar-refractivity contribution in [1.29, 1.82) is 0 Å². The van der Waals surface area contributed by atoms with Crippen LogP contribution in [0.15, 0.2) is 24.3 Å². The lowest BCUT2D eigenvalue weighted by atomic mass is 10.1. The van der Waals surface area contributed by atoms with E-state index in [9.17, 15) is 9.59 Å². The molecule has 0 spiro atoms. The largest absolute Gasteiger partial charge is 0.481 e. The van der Waals surface area contributed by atoms with Gasteiger partial charge in [-0.05, 0) is 30.5 Å². The van der Waals surface area contributed by atoms with Gasteiger partial charge in [0.05, 0.1) is 5.92 Å². The highest BCUT2D eigenvalue weighted by Crippen LogP contribution is 2.19. The number of hydrogen-bond acceptors (Lipinski definition) is 2. The van der Waals surface area contributed by atoms with E-state index in [1.165, 1.54) is 5.56 Å². The summed E-state index contributed by atoms with van der Waals surface area (Å²) in [5.41, 5.74) is 1.83. The molecule has 0 radical (unpaired) electrons. The third-order valence-electron chi connectivity index (χ3n) is 3.43. The molecule has 0 bridgehead atoms. The van der Waals surface area contributed by atoms with Gasteiger partial charge in [-0.3, -0.25) is 9.59 Å². The van der Waals surface area contributed by atoms with Crippen LogP contribution in [0.5, 0.6) is 0 Å². The molecule has 1 aromatic rings. The van der Waals surface area contributed by atoms with E-state index in [2.05, 4.69) is 6.92 Å². The zero-order chi connectivity index (χ0) is 13.1. The van der Waals surface area contributed by atoms with Gasteiger partial charge in [0.2, 0.25) is 0 Å². The van der Waals surface area contributed by atoms with Crippen LogP contribution in [0.4, 0.5) is 0 Å². The molecular weight excluding hydrogens is 230 g/mol. The van der Waals surface area contributed by atoms with Gasteiger partial charge in [-0.1, -0.05) is 19.1 Å². The van der Waals surface area contributed by atoms with Crippen molar-refractivity contribution in [2.45, 2.75) is 19.8 Å². The highest BCUT2D eigenvalue weighted by molar-refractivity contribution is 5.94. The molecule has 1 N–H and O–H groups in total. The molecular formula is C14H17NO3. The van der Waals surface area contributed by atoms with E-state index in [-0.39, 0.29) is 5.91 Å². The number of rotatable bonds is 3. The summed E-state index contributed by atoms with van der Waals surface area (Å²) in [7, 11) is 0. The molecule has 0 saturated carbocycles. The third kappa shape index (κ3) is 2.53. The van der Waals surface area contributed by atoms with E-state index in [1.807, 2.05) is 24.3 Å². The summed E-state index contributed by atoms with van der Waals surface area (Å²) in [6.45, 7) is 2.92. The number of aliphatic carboxylic acids is 1. The fraction of sp³-hybridized carbons (Fsp3) is 0.429. The van der Waals surface area contributed by atoms with Crippen molar-refractivity contribution in [2.75, 3.05) is 13.1 Å². The van der Waals surface area contributed by atoms with Crippen molar-refractivity contribution in [3.05, 3.63) is 35.4 Å². The predicted octanol–water partition coefficient (Wildman–Crippen LogP) is 1.80. The number of carbonyl (C=O) groups is 2. The molecule has 4 nitrogen and oxygen atoms in total. The van der Waals surface area contributed by atoms with Crippen LogP contribution >= 0.6 is 0 Å². The fourth-order valence-electron chi connectivity index (χ4n) is 2.21. The quantitative estimate of drug-likeness (QED) is 0.886. The molecule has 1 unspecified atom stereocenters. The Bertz CT molecular complexity index is 453. The van der Waals surface area contributed by atoms with E-state index in [0.29, 0.717) is 25.1 Å². The Hall–Kier alpha value is -1.84. The number of carboxylic acid groups (broad SMARTS) is 1. The maximum Gasteiger partial charge on any atom is 0.308 e. The Balaban J connectivity index is 2.05. The summed E-state index contributed by atoms with van der Waals surface area (Å²) in [4.78, 5) is 24.6. The molecule has 1 amide bonds. The van der Waals surface area contributed by atoms with Gasteiger partial charge in [0.25, 0.3) is 5.91 Å². The first-order valence-electron chi connectivity index (χ1n) is 6.23. The first-order valence-corrected chi connectivity index (χ1v) is 6.23. The van der Waals surface area contributed by atoms with Gasteiger partial charge in [0.1, 0.15) is 0 Å². The zero-order valence-electron chi connectivity index (χ0n) is 10.4. The molecule has 1 heterocycles. The number of carboxylic acids is 1. The summed E-state index contributed by atoms with van der Waals surface area (Å²) in [6.07, 6.45) is 1.49. The van der Waals surface area contributed by atoms with Crippen LogP contribution in [-0.4, -0.2) is 35.0 Å². The first kappa shape index (κ1) is 12.6. The number of hydrogen-bond donors (Lipinski definition) is 1. The smallest absolute Gasteiger partial charge is 0.308 e. The van der Waals surface area contributed by atoms with Crippen molar-refractivity contribution in [3.8, 4) is 0 Å². The van der Waals surface area contributed by atoms with E-state index in [0.717, 1.165) is 6.42 Å². The summed E-state index contributed by atoms with van der Waals surface area (Å²) < 4.78 is 0. The van der Waals surface area contributed by atoms with Crippen molar-refractivity contribution >= 4 is 11.9 Å². The standard InChI is InChI=1S/C14H17NO3/c1-2-10-3-5-11(6-4-10)13(16)15-8-7-12(9-15)14(17)18/h3-6,12H,2,7-9H2,1H3,(H,17,18). The molecule has 1 atom stereocenters. The molecule has 1 aliphatic rings. The van der Waals surface area contributed by atoms with Crippen LogP contribution in [0.3, 0.4) is 0 Å². The summed E-state index contributed by atoms with van der Waals surface area (Å²) in [5.74, 6) is -1.29. The lowest BCUT2D eigenvalue weighted by Gasteiger charge is -2.15. The van der Waals surface area contributed by atoms with Gasteiger partial charge in [-0.15, -0.1) is 0 Å². The molecule has 18 heavy (non-hydrogen) atoms. The predicted molar refractivity (Wildman–Crippen MR) is 67.5 cm³/mol. The minimum Gasteiger partial charge on any atom is -0.481 e. The van der Waals surface area contributed by atoms with Crippen molar-refractivity contribution in [3.63, 3.8) is 0 Å². The molecule has 1 aliphatic heterocycles. The second-order valence-electron chi connectivity index (χ2n) is 4.63.